The van der Waals surface area contributed by atoms with Crippen molar-refractivity contribution < 1.29 is 14.4 Å². The van der Waals surface area contributed by atoms with Gasteiger partial charge >= 0.3 is 0 Å². The van der Waals surface area contributed by atoms with Crippen LogP contribution < -0.4 is 5.32 Å². The van der Waals surface area contributed by atoms with Crippen LogP contribution in [-0.2, 0) is 0 Å². The van der Waals surface area contributed by atoms with Gasteiger partial charge < -0.3 is 10.2 Å². The highest BCUT2D eigenvalue weighted by Gasteiger charge is 2.39. The number of nitrogens with zero attached hydrogens (tertiary/aromatic N) is 2. The molecule has 2 saturated heterocycles. The molecule has 0 aromatic heterocycles. The van der Waals surface area contributed by atoms with E-state index >= 15 is 0 Å². The van der Waals surface area contributed by atoms with E-state index in [1.54, 1.807) is 18.2 Å². The fourth-order valence-corrected chi connectivity index (χ4v) is 4.08. The van der Waals surface area contributed by atoms with Crippen LogP contribution in [0.1, 0.15) is 50.3 Å². The maximum absolute atomic E-state index is 12.8. The highest BCUT2D eigenvalue weighted by Crippen LogP contribution is 2.37. The Balaban J connectivity index is 1.52. The zero-order valence-electron chi connectivity index (χ0n) is 13.8. The van der Waals surface area contributed by atoms with Gasteiger partial charge in [0.15, 0.2) is 0 Å². The van der Waals surface area contributed by atoms with Crippen LogP contribution >= 0.6 is 0 Å². The summed E-state index contributed by atoms with van der Waals surface area (Å²) in [6.07, 6.45) is 3.24. The third-order valence-corrected chi connectivity index (χ3v) is 5.78. The molecule has 3 heterocycles. The van der Waals surface area contributed by atoms with Gasteiger partial charge in [-0.2, -0.15) is 0 Å². The first-order valence-electron chi connectivity index (χ1n) is 8.47. The van der Waals surface area contributed by atoms with Crippen molar-refractivity contribution in [3.63, 3.8) is 0 Å². The Kier molecular flexibility index (Phi) is 3.46. The molecule has 0 radical (unpaired) electrons. The lowest BCUT2D eigenvalue weighted by atomic mass is 9.78. The number of hydrogen-bond donors (Lipinski definition) is 1. The number of piperidine rings is 1. The van der Waals surface area contributed by atoms with Gasteiger partial charge in [-0.15, -0.1) is 0 Å². The maximum atomic E-state index is 12.8. The number of hydrogen-bond acceptors (Lipinski definition) is 4. The molecule has 6 heteroatoms. The van der Waals surface area contributed by atoms with Gasteiger partial charge in [0.2, 0.25) is 0 Å². The summed E-state index contributed by atoms with van der Waals surface area (Å²) in [5.41, 5.74) is 1.57. The van der Waals surface area contributed by atoms with Gasteiger partial charge in [-0.25, -0.2) is 0 Å². The van der Waals surface area contributed by atoms with E-state index in [4.69, 9.17) is 0 Å². The monoisotopic (exact) mass is 327 g/mol. The van der Waals surface area contributed by atoms with Crippen molar-refractivity contribution in [3.8, 4) is 0 Å². The van der Waals surface area contributed by atoms with Crippen LogP contribution in [0.15, 0.2) is 18.2 Å². The van der Waals surface area contributed by atoms with Crippen LogP contribution in [-0.4, -0.2) is 60.7 Å². The molecule has 2 fully saturated rings. The molecule has 0 atom stereocenters. The van der Waals surface area contributed by atoms with Crippen molar-refractivity contribution in [2.24, 2.45) is 5.41 Å². The number of imide groups is 1. The molecule has 3 aliphatic heterocycles. The minimum atomic E-state index is -0.334. The fraction of sp³-hybridized carbons (Fsp3) is 0.500. The van der Waals surface area contributed by atoms with Gasteiger partial charge in [-0.3, -0.25) is 19.3 Å². The quantitative estimate of drug-likeness (QED) is 0.785. The van der Waals surface area contributed by atoms with Crippen LogP contribution in [0, 0.1) is 5.41 Å². The Morgan fingerprint density at radius 3 is 2.46 bits per heavy atom. The van der Waals surface area contributed by atoms with Crippen LogP contribution in [0.2, 0.25) is 0 Å². The highest BCUT2D eigenvalue weighted by molar-refractivity contribution is 6.21. The molecule has 24 heavy (non-hydrogen) atoms. The zero-order valence-corrected chi connectivity index (χ0v) is 13.8. The summed E-state index contributed by atoms with van der Waals surface area (Å²) in [5.74, 6) is -0.685. The average Bonchev–Trinajstić information content (AvgIpc) is 3.14. The summed E-state index contributed by atoms with van der Waals surface area (Å²) in [5, 5.41) is 3.42. The average molecular weight is 327 g/mol. The van der Waals surface area contributed by atoms with E-state index in [1.807, 2.05) is 4.90 Å². The lowest BCUT2D eigenvalue weighted by Gasteiger charge is -2.38. The molecule has 0 unspecified atom stereocenters. The number of likely N-dealkylation sites (tertiary alicyclic amines) is 1. The third kappa shape index (κ3) is 2.24. The molecule has 1 aromatic carbocycles. The highest BCUT2D eigenvalue weighted by atomic mass is 16.2. The van der Waals surface area contributed by atoms with Crippen molar-refractivity contribution in [2.45, 2.75) is 19.3 Å². The van der Waals surface area contributed by atoms with Crippen molar-refractivity contribution in [1.29, 1.82) is 0 Å². The van der Waals surface area contributed by atoms with Crippen LogP contribution in [0.5, 0.6) is 0 Å². The molecule has 0 aliphatic carbocycles. The standard InChI is InChI=1S/C18H21N3O3/c1-20-16(23)13-3-2-12(10-14(13)17(20)24)15(22)21-8-5-18(6-9-21)4-7-19-11-18/h2-3,10,19H,4-9,11H2,1H3. The van der Waals surface area contributed by atoms with Crippen molar-refractivity contribution in [2.75, 3.05) is 33.2 Å². The molecule has 1 aromatic rings. The number of rotatable bonds is 1. The third-order valence-electron chi connectivity index (χ3n) is 5.78. The summed E-state index contributed by atoms with van der Waals surface area (Å²) in [7, 11) is 1.46. The van der Waals surface area contributed by atoms with E-state index in [0.29, 0.717) is 22.1 Å². The molecule has 0 bridgehead atoms. The van der Waals surface area contributed by atoms with Gasteiger partial charge in [0.05, 0.1) is 11.1 Å². The van der Waals surface area contributed by atoms with E-state index in [1.165, 1.54) is 13.5 Å². The van der Waals surface area contributed by atoms with Gasteiger partial charge in [0.1, 0.15) is 0 Å². The zero-order chi connectivity index (χ0) is 16.9. The first-order chi connectivity index (χ1) is 11.5. The first-order valence-corrected chi connectivity index (χ1v) is 8.47. The van der Waals surface area contributed by atoms with E-state index in [2.05, 4.69) is 5.32 Å². The Morgan fingerprint density at radius 1 is 1.08 bits per heavy atom. The van der Waals surface area contributed by atoms with Gasteiger partial charge in [-0.05, 0) is 49.4 Å². The second-order valence-corrected chi connectivity index (χ2v) is 7.15. The van der Waals surface area contributed by atoms with Gasteiger partial charge in [0.25, 0.3) is 17.7 Å². The minimum Gasteiger partial charge on any atom is -0.339 e. The Bertz CT molecular complexity index is 727. The molecule has 1 N–H and O–H groups in total. The normalized spacial score (nSPS) is 22.4. The molecular formula is C18H21N3O3. The second-order valence-electron chi connectivity index (χ2n) is 7.15. The molecule has 0 saturated carbocycles. The van der Waals surface area contributed by atoms with Crippen LogP contribution in [0.25, 0.3) is 0 Å². The van der Waals surface area contributed by atoms with E-state index < -0.39 is 0 Å². The number of benzene rings is 1. The predicted molar refractivity (Wildman–Crippen MR) is 87.9 cm³/mol. The number of fused-ring (bicyclic) bond motifs is 1. The lowest BCUT2D eigenvalue weighted by molar-refractivity contribution is 0.0607. The smallest absolute Gasteiger partial charge is 0.261 e. The summed E-state index contributed by atoms with van der Waals surface area (Å²) >= 11 is 0. The minimum absolute atomic E-state index is 0.0478. The van der Waals surface area contributed by atoms with Gasteiger partial charge in [0, 0.05) is 32.2 Å². The Morgan fingerprint density at radius 2 is 1.79 bits per heavy atom. The summed E-state index contributed by atoms with van der Waals surface area (Å²) < 4.78 is 0. The summed E-state index contributed by atoms with van der Waals surface area (Å²) in [6, 6.07) is 4.83. The summed E-state index contributed by atoms with van der Waals surface area (Å²) in [4.78, 5) is 39.8. The lowest BCUT2D eigenvalue weighted by Crippen LogP contribution is -2.44. The first kappa shape index (κ1) is 15.3. The number of carbonyl (C=O) groups excluding carboxylic acids is 3. The van der Waals surface area contributed by atoms with Gasteiger partial charge in [-0.1, -0.05) is 0 Å². The van der Waals surface area contributed by atoms with E-state index in [-0.39, 0.29) is 17.7 Å². The molecule has 3 aliphatic rings. The fourth-order valence-electron chi connectivity index (χ4n) is 4.08. The maximum Gasteiger partial charge on any atom is 0.261 e. The SMILES string of the molecule is CN1C(=O)c2ccc(C(=O)N3CCC4(CCNC4)CC3)cc2C1=O. The number of nitrogens with one attached hydrogen (secondary N) is 1. The predicted octanol–water partition coefficient (Wildman–Crippen LogP) is 1.13. The van der Waals surface area contributed by atoms with Crippen LogP contribution in [0.3, 0.4) is 0 Å². The van der Waals surface area contributed by atoms with Crippen molar-refractivity contribution in [1.82, 2.24) is 15.1 Å². The topological polar surface area (TPSA) is 69.7 Å². The largest absolute Gasteiger partial charge is 0.339 e. The number of carbonyl (C=O) groups is 3. The van der Waals surface area contributed by atoms with E-state index in [9.17, 15) is 14.4 Å². The molecule has 1 spiro atoms. The van der Waals surface area contributed by atoms with E-state index in [0.717, 1.165) is 43.9 Å². The molecule has 126 valence electrons. The van der Waals surface area contributed by atoms with Crippen LogP contribution in [0.4, 0.5) is 0 Å². The number of amides is 3. The Labute approximate surface area is 140 Å². The molecule has 3 amide bonds. The second kappa shape index (κ2) is 5.41. The molecule has 4 rings (SSSR count). The summed E-state index contributed by atoms with van der Waals surface area (Å²) in [6.45, 7) is 3.63. The molecule has 6 nitrogen and oxygen atoms in total. The molecular weight excluding hydrogens is 306 g/mol. The Hall–Kier alpha value is -2.21. The van der Waals surface area contributed by atoms with Crippen molar-refractivity contribution >= 4 is 17.7 Å². The van der Waals surface area contributed by atoms with Crippen molar-refractivity contribution in [3.05, 3.63) is 34.9 Å².